The summed E-state index contributed by atoms with van der Waals surface area (Å²) in [6.45, 7) is 6.07. The van der Waals surface area contributed by atoms with Crippen LogP contribution in [0.15, 0.2) is 59.5 Å². The molecular weight excluding hydrogens is 438 g/mol. The standard InChI is InChI=1S/C25H33N3O4S/c1-20-18-28(24(29)22-6-4-3-5-7-22)19-25(32-20)13-16-27(17-14-25)15-12-21-8-10-23(11-9-21)33(30,31)26-2/h3-11,20,26H,12-19H2,1-2H3. The molecule has 2 saturated heterocycles. The third-order valence-electron chi connectivity index (χ3n) is 6.70. The summed E-state index contributed by atoms with van der Waals surface area (Å²) >= 11 is 0. The highest BCUT2D eigenvalue weighted by Crippen LogP contribution is 2.33. The summed E-state index contributed by atoms with van der Waals surface area (Å²) < 4.78 is 32.5. The monoisotopic (exact) mass is 471 g/mol. The first-order chi connectivity index (χ1) is 15.8. The molecule has 1 amide bonds. The van der Waals surface area contributed by atoms with Gasteiger partial charge in [-0.05, 0) is 63.1 Å². The van der Waals surface area contributed by atoms with Crippen molar-refractivity contribution in [3.63, 3.8) is 0 Å². The molecule has 2 aliphatic heterocycles. The van der Waals surface area contributed by atoms with Gasteiger partial charge in [0.25, 0.3) is 5.91 Å². The summed E-state index contributed by atoms with van der Waals surface area (Å²) in [5.41, 5.74) is 1.57. The first-order valence-electron chi connectivity index (χ1n) is 11.6. The highest BCUT2D eigenvalue weighted by Gasteiger charge is 2.43. The number of amides is 1. The lowest BCUT2D eigenvalue weighted by atomic mass is 9.88. The van der Waals surface area contributed by atoms with Gasteiger partial charge in [-0.1, -0.05) is 30.3 Å². The molecular formula is C25H33N3O4S. The maximum atomic E-state index is 13.0. The van der Waals surface area contributed by atoms with E-state index in [1.165, 1.54) is 7.05 Å². The Morgan fingerprint density at radius 3 is 2.39 bits per heavy atom. The fourth-order valence-corrected chi connectivity index (χ4v) is 5.57. The van der Waals surface area contributed by atoms with Gasteiger partial charge in [-0.2, -0.15) is 0 Å². The van der Waals surface area contributed by atoms with E-state index in [9.17, 15) is 13.2 Å². The van der Waals surface area contributed by atoms with Gasteiger partial charge < -0.3 is 14.5 Å². The largest absolute Gasteiger partial charge is 0.368 e. The van der Waals surface area contributed by atoms with E-state index < -0.39 is 10.0 Å². The summed E-state index contributed by atoms with van der Waals surface area (Å²) in [6, 6.07) is 16.6. The lowest BCUT2D eigenvalue weighted by Gasteiger charge is -2.49. The second-order valence-electron chi connectivity index (χ2n) is 9.11. The number of benzene rings is 2. The molecule has 1 spiro atoms. The van der Waals surface area contributed by atoms with Gasteiger partial charge in [-0.15, -0.1) is 0 Å². The van der Waals surface area contributed by atoms with Crippen molar-refractivity contribution in [2.24, 2.45) is 0 Å². The molecule has 8 heteroatoms. The molecule has 0 saturated carbocycles. The van der Waals surface area contributed by atoms with Crippen molar-refractivity contribution in [2.45, 2.75) is 42.8 Å². The lowest BCUT2D eigenvalue weighted by molar-refractivity contribution is -0.161. The number of piperidine rings is 1. The third kappa shape index (κ3) is 5.63. The fourth-order valence-electron chi connectivity index (χ4n) is 4.84. The zero-order valence-electron chi connectivity index (χ0n) is 19.4. The van der Waals surface area contributed by atoms with Gasteiger partial charge in [0.15, 0.2) is 0 Å². The Hall–Kier alpha value is -2.26. The van der Waals surface area contributed by atoms with Gasteiger partial charge in [-0.25, -0.2) is 13.1 Å². The summed E-state index contributed by atoms with van der Waals surface area (Å²) in [5.74, 6) is 0.0799. The summed E-state index contributed by atoms with van der Waals surface area (Å²) in [6.07, 6.45) is 2.68. The third-order valence-corrected chi connectivity index (χ3v) is 8.13. The van der Waals surface area contributed by atoms with E-state index in [1.807, 2.05) is 47.4 Å². The molecule has 0 bridgehead atoms. The van der Waals surface area contributed by atoms with Gasteiger partial charge in [-0.3, -0.25) is 4.79 Å². The summed E-state index contributed by atoms with van der Waals surface area (Å²) in [5, 5.41) is 0. The highest BCUT2D eigenvalue weighted by atomic mass is 32.2. The number of nitrogens with one attached hydrogen (secondary N) is 1. The molecule has 4 rings (SSSR count). The molecule has 7 nitrogen and oxygen atoms in total. The lowest BCUT2D eigenvalue weighted by Crippen LogP contribution is -2.60. The SMILES string of the molecule is CNS(=O)(=O)c1ccc(CCN2CCC3(CC2)CN(C(=O)c2ccccc2)CC(C)O3)cc1. The first-order valence-corrected chi connectivity index (χ1v) is 13.1. The predicted molar refractivity (Wildman–Crippen MR) is 128 cm³/mol. The quantitative estimate of drug-likeness (QED) is 0.701. The van der Waals surface area contributed by atoms with Crippen LogP contribution >= 0.6 is 0 Å². The van der Waals surface area contributed by atoms with Crippen molar-refractivity contribution in [3.05, 3.63) is 65.7 Å². The smallest absolute Gasteiger partial charge is 0.254 e. The number of rotatable bonds is 6. The van der Waals surface area contributed by atoms with Crippen molar-refractivity contribution in [3.8, 4) is 0 Å². The van der Waals surface area contributed by atoms with Crippen LogP contribution in [0.2, 0.25) is 0 Å². The Bertz CT molecular complexity index is 1050. The van der Waals surface area contributed by atoms with Gasteiger partial charge in [0.05, 0.1) is 23.1 Å². The van der Waals surface area contributed by atoms with Crippen molar-refractivity contribution < 1.29 is 17.9 Å². The zero-order valence-corrected chi connectivity index (χ0v) is 20.2. The molecule has 2 aromatic carbocycles. The van der Waals surface area contributed by atoms with E-state index in [4.69, 9.17) is 4.74 Å². The molecule has 1 N–H and O–H groups in total. The molecule has 1 atom stereocenters. The van der Waals surface area contributed by atoms with Crippen LogP contribution in [0.25, 0.3) is 0 Å². The minimum atomic E-state index is -3.40. The predicted octanol–water partition coefficient (Wildman–Crippen LogP) is 2.53. The zero-order chi connectivity index (χ0) is 23.5. The van der Waals surface area contributed by atoms with Gasteiger partial charge in [0.2, 0.25) is 10.0 Å². The first kappa shape index (κ1) is 23.9. The maximum Gasteiger partial charge on any atom is 0.254 e. The molecule has 2 aliphatic rings. The maximum absolute atomic E-state index is 13.0. The molecule has 2 heterocycles. The van der Waals surface area contributed by atoms with Crippen molar-refractivity contribution >= 4 is 15.9 Å². The molecule has 0 aromatic heterocycles. The van der Waals surface area contributed by atoms with E-state index in [2.05, 4.69) is 16.5 Å². The fraction of sp³-hybridized carbons (Fsp3) is 0.480. The number of carbonyl (C=O) groups is 1. The highest BCUT2D eigenvalue weighted by molar-refractivity contribution is 7.89. The number of likely N-dealkylation sites (tertiary alicyclic amines) is 1. The van der Waals surface area contributed by atoms with Gasteiger partial charge in [0.1, 0.15) is 0 Å². The number of ether oxygens (including phenoxy) is 1. The van der Waals surface area contributed by atoms with Crippen LogP contribution < -0.4 is 4.72 Å². The van der Waals surface area contributed by atoms with Crippen LogP contribution in [0.1, 0.15) is 35.7 Å². The Morgan fingerprint density at radius 2 is 1.76 bits per heavy atom. The van der Waals surface area contributed by atoms with E-state index in [0.717, 1.165) is 50.0 Å². The molecule has 33 heavy (non-hydrogen) atoms. The average molecular weight is 472 g/mol. The average Bonchev–Trinajstić information content (AvgIpc) is 2.83. The van der Waals surface area contributed by atoms with E-state index in [1.54, 1.807) is 12.1 Å². The number of carbonyl (C=O) groups excluding carboxylic acids is 1. The van der Waals surface area contributed by atoms with Crippen LogP contribution in [0.4, 0.5) is 0 Å². The number of morpholine rings is 1. The van der Waals surface area contributed by atoms with Crippen molar-refractivity contribution in [2.75, 3.05) is 39.8 Å². The second kappa shape index (κ2) is 9.93. The van der Waals surface area contributed by atoms with Crippen LogP contribution in [-0.4, -0.2) is 75.6 Å². The van der Waals surface area contributed by atoms with Crippen LogP contribution in [0, 0.1) is 0 Å². The topological polar surface area (TPSA) is 79.0 Å². The molecule has 2 aromatic rings. The normalized spacial score (nSPS) is 21.3. The number of hydrogen-bond acceptors (Lipinski definition) is 5. The van der Waals surface area contributed by atoms with Crippen molar-refractivity contribution in [1.82, 2.24) is 14.5 Å². The number of nitrogens with zero attached hydrogens (tertiary/aromatic N) is 2. The van der Waals surface area contributed by atoms with Gasteiger partial charge in [0, 0.05) is 31.7 Å². The number of hydrogen-bond donors (Lipinski definition) is 1. The van der Waals surface area contributed by atoms with E-state index in [0.29, 0.717) is 13.1 Å². The Morgan fingerprint density at radius 1 is 1.09 bits per heavy atom. The summed E-state index contributed by atoms with van der Waals surface area (Å²) in [7, 11) is -1.98. The Balaban J connectivity index is 1.31. The minimum absolute atomic E-state index is 0.0189. The molecule has 178 valence electrons. The molecule has 0 radical (unpaired) electrons. The Labute approximate surface area is 196 Å². The van der Waals surface area contributed by atoms with Crippen LogP contribution in [0.5, 0.6) is 0 Å². The van der Waals surface area contributed by atoms with Crippen LogP contribution in [-0.2, 0) is 21.2 Å². The van der Waals surface area contributed by atoms with Crippen molar-refractivity contribution in [1.29, 1.82) is 0 Å². The van der Waals surface area contributed by atoms with E-state index >= 15 is 0 Å². The minimum Gasteiger partial charge on any atom is -0.368 e. The Kier molecular flexibility index (Phi) is 7.19. The molecule has 1 unspecified atom stereocenters. The second-order valence-corrected chi connectivity index (χ2v) is 11.0. The molecule has 2 fully saturated rings. The molecule has 0 aliphatic carbocycles. The van der Waals surface area contributed by atoms with Crippen LogP contribution in [0.3, 0.4) is 0 Å². The number of sulfonamides is 1. The van der Waals surface area contributed by atoms with E-state index in [-0.39, 0.29) is 22.5 Å². The summed E-state index contributed by atoms with van der Waals surface area (Å²) in [4.78, 5) is 17.7. The van der Waals surface area contributed by atoms with Gasteiger partial charge >= 0.3 is 0 Å².